The lowest BCUT2D eigenvalue weighted by molar-refractivity contribution is -0.121. The van der Waals surface area contributed by atoms with Gasteiger partial charge in [-0.3, -0.25) is 9.10 Å². The van der Waals surface area contributed by atoms with Crippen molar-refractivity contribution >= 4 is 45.0 Å². The van der Waals surface area contributed by atoms with Gasteiger partial charge in [0, 0.05) is 28.6 Å². The number of carbonyl (C=O) groups excluding carboxylic acids is 1. The van der Waals surface area contributed by atoms with E-state index in [2.05, 4.69) is 5.32 Å². The number of carbonyl (C=O) groups is 1. The molecule has 0 unspecified atom stereocenters. The number of amides is 1. The third-order valence-electron chi connectivity index (χ3n) is 3.95. The van der Waals surface area contributed by atoms with Gasteiger partial charge in [-0.2, -0.15) is 11.8 Å². The summed E-state index contributed by atoms with van der Waals surface area (Å²) in [4.78, 5) is 12.4. The van der Waals surface area contributed by atoms with Gasteiger partial charge in [-0.1, -0.05) is 35.9 Å². The lowest BCUT2D eigenvalue weighted by Gasteiger charge is -2.28. The molecule has 0 radical (unpaired) electrons. The van der Waals surface area contributed by atoms with Crippen LogP contribution in [0.15, 0.2) is 48.5 Å². The second kappa shape index (κ2) is 10.1. The summed E-state index contributed by atoms with van der Waals surface area (Å²) < 4.78 is 39.2. The SMILES string of the molecule is C[C@@H](C(=O)NCCSCc1c(F)cccc1Cl)N(c1ccccc1)S(C)(=O)=O. The van der Waals surface area contributed by atoms with Crippen LogP contribution in [0.25, 0.3) is 0 Å². The predicted octanol–water partition coefficient (Wildman–Crippen LogP) is 3.68. The molecule has 152 valence electrons. The molecule has 0 bridgehead atoms. The summed E-state index contributed by atoms with van der Waals surface area (Å²) in [6.07, 6.45) is 1.07. The van der Waals surface area contributed by atoms with Crippen LogP contribution in [0.1, 0.15) is 12.5 Å². The molecule has 0 aliphatic heterocycles. The van der Waals surface area contributed by atoms with Crippen LogP contribution in [0.2, 0.25) is 5.02 Å². The number of hydrogen-bond donors (Lipinski definition) is 1. The molecule has 0 saturated heterocycles. The molecule has 1 atom stereocenters. The summed E-state index contributed by atoms with van der Waals surface area (Å²) in [5.74, 6) is 0.159. The van der Waals surface area contributed by atoms with E-state index in [1.165, 1.54) is 24.8 Å². The van der Waals surface area contributed by atoms with Gasteiger partial charge >= 0.3 is 0 Å². The highest BCUT2D eigenvalue weighted by Crippen LogP contribution is 2.24. The first kappa shape index (κ1) is 22.5. The first-order valence-electron chi connectivity index (χ1n) is 8.54. The number of benzene rings is 2. The Kier molecular flexibility index (Phi) is 8.15. The molecular weight excluding hydrogens is 423 g/mol. The van der Waals surface area contributed by atoms with Gasteiger partial charge in [0.15, 0.2) is 0 Å². The van der Waals surface area contributed by atoms with Gasteiger partial charge in [0.25, 0.3) is 0 Å². The number of sulfonamides is 1. The number of nitrogens with one attached hydrogen (secondary N) is 1. The lowest BCUT2D eigenvalue weighted by atomic mass is 10.2. The van der Waals surface area contributed by atoms with Gasteiger partial charge < -0.3 is 5.32 Å². The molecule has 0 aliphatic rings. The Morgan fingerprint density at radius 1 is 1.21 bits per heavy atom. The number of halogens is 2. The van der Waals surface area contributed by atoms with Crippen molar-refractivity contribution in [3.05, 3.63) is 64.9 Å². The minimum Gasteiger partial charge on any atom is -0.353 e. The van der Waals surface area contributed by atoms with Crippen molar-refractivity contribution < 1.29 is 17.6 Å². The van der Waals surface area contributed by atoms with Gasteiger partial charge in [-0.05, 0) is 31.2 Å². The fourth-order valence-electron chi connectivity index (χ4n) is 2.62. The Bertz CT molecular complexity index is 890. The number of rotatable bonds is 9. The van der Waals surface area contributed by atoms with Gasteiger partial charge in [-0.15, -0.1) is 0 Å². The van der Waals surface area contributed by atoms with Gasteiger partial charge in [0.1, 0.15) is 11.9 Å². The average Bonchev–Trinajstić information content (AvgIpc) is 2.63. The Morgan fingerprint density at radius 3 is 2.50 bits per heavy atom. The fourth-order valence-corrected chi connectivity index (χ4v) is 4.99. The average molecular weight is 445 g/mol. The van der Waals surface area contributed by atoms with E-state index in [-0.39, 0.29) is 5.82 Å². The zero-order valence-electron chi connectivity index (χ0n) is 15.6. The highest BCUT2D eigenvalue weighted by molar-refractivity contribution is 7.98. The molecule has 0 aliphatic carbocycles. The number of anilines is 1. The van der Waals surface area contributed by atoms with Gasteiger partial charge in [0.05, 0.1) is 11.9 Å². The van der Waals surface area contributed by atoms with Crippen molar-refractivity contribution in [1.29, 1.82) is 0 Å². The molecular formula is C19H22ClFN2O3S2. The molecule has 0 heterocycles. The van der Waals surface area contributed by atoms with E-state index < -0.39 is 22.0 Å². The van der Waals surface area contributed by atoms with E-state index in [4.69, 9.17) is 11.6 Å². The van der Waals surface area contributed by atoms with E-state index in [9.17, 15) is 17.6 Å². The van der Waals surface area contributed by atoms with E-state index in [0.717, 1.165) is 10.6 Å². The maximum Gasteiger partial charge on any atom is 0.243 e. The number of nitrogens with zero attached hydrogens (tertiary/aromatic N) is 1. The topological polar surface area (TPSA) is 66.5 Å². The maximum absolute atomic E-state index is 13.7. The van der Waals surface area contributed by atoms with Crippen LogP contribution in [0.3, 0.4) is 0 Å². The maximum atomic E-state index is 13.7. The largest absolute Gasteiger partial charge is 0.353 e. The molecule has 0 aromatic heterocycles. The number of hydrogen-bond acceptors (Lipinski definition) is 4. The molecule has 9 heteroatoms. The molecule has 1 N–H and O–H groups in total. The normalized spacial score (nSPS) is 12.4. The minimum atomic E-state index is -3.63. The molecule has 2 rings (SSSR count). The van der Waals surface area contributed by atoms with E-state index in [0.29, 0.717) is 34.3 Å². The first-order chi connectivity index (χ1) is 13.2. The molecule has 0 spiro atoms. The van der Waals surface area contributed by atoms with Crippen LogP contribution in [-0.4, -0.2) is 38.9 Å². The zero-order chi connectivity index (χ0) is 20.7. The summed E-state index contributed by atoms with van der Waals surface area (Å²) in [7, 11) is -3.63. The number of thioether (sulfide) groups is 1. The highest BCUT2D eigenvalue weighted by Gasteiger charge is 2.28. The van der Waals surface area contributed by atoms with Crippen LogP contribution in [-0.2, 0) is 20.6 Å². The Hall–Kier alpha value is -1.77. The monoisotopic (exact) mass is 444 g/mol. The Morgan fingerprint density at radius 2 is 1.89 bits per heavy atom. The van der Waals surface area contributed by atoms with Crippen molar-refractivity contribution in [2.75, 3.05) is 22.9 Å². The van der Waals surface area contributed by atoms with E-state index in [1.54, 1.807) is 42.5 Å². The molecule has 2 aromatic rings. The van der Waals surface area contributed by atoms with E-state index >= 15 is 0 Å². The second-order valence-electron chi connectivity index (χ2n) is 6.11. The van der Waals surface area contributed by atoms with Crippen molar-refractivity contribution in [3.8, 4) is 0 Å². The van der Waals surface area contributed by atoms with Gasteiger partial charge in [-0.25, -0.2) is 12.8 Å². The van der Waals surface area contributed by atoms with Crippen molar-refractivity contribution in [2.24, 2.45) is 0 Å². The first-order valence-corrected chi connectivity index (χ1v) is 11.9. The molecule has 28 heavy (non-hydrogen) atoms. The predicted molar refractivity (Wildman–Crippen MR) is 114 cm³/mol. The van der Waals surface area contributed by atoms with Crippen molar-refractivity contribution in [3.63, 3.8) is 0 Å². The van der Waals surface area contributed by atoms with Crippen LogP contribution >= 0.6 is 23.4 Å². The van der Waals surface area contributed by atoms with Crippen LogP contribution in [0.5, 0.6) is 0 Å². The third kappa shape index (κ3) is 6.12. The fraction of sp³-hybridized carbons (Fsp3) is 0.316. The highest BCUT2D eigenvalue weighted by atomic mass is 35.5. The van der Waals surface area contributed by atoms with Crippen molar-refractivity contribution in [1.82, 2.24) is 5.32 Å². The zero-order valence-corrected chi connectivity index (χ0v) is 18.0. The third-order valence-corrected chi connectivity index (χ3v) is 6.53. The second-order valence-corrected chi connectivity index (χ2v) is 9.49. The molecule has 5 nitrogen and oxygen atoms in total. The molecule has 0 fully saturated rings. The smallest absolute Gasteiger partial charge is 0.243 e. The molecule has 2 aromatic carbocycles. The lowest BCUT2D eigenvalue weighted by Crippen LogP contribution is -2.48. The van der Waals surface area contributed by atoms with Crippen LogP contribution in [0, 0.1) is 5.82 Å². The van der Waals surface area contributed by atoms with Gasteiger partial charge in [0.2, 0.25) is 15.9 Å². The van der Waals surface area contributed by atoms with E-state index in [1.807, 2.05) is 0 Å². The quantitative estimate of drug-likeness (QED) is 0.599. The molecule has 0 saturated carbocycles. The number of para-hydroxylation sites is 1. The molecule has 1 amide bonds. The summed E-state index contributed by atoms with van der Waals surface area (Å²) >= 11 is 7.41. The Labute approximate surface area is 174 Å². The summed E-state index contributed by atoms with van der Waals surface area (Å²) in [5.41, 5.74) is 0.859. The summed E-state index contributed by atoms with van der Waals surface area (Å²) in [6.45, 7) is 1.86. The van der Waals surface area contributed by atoms with Crippen LogP contribution < -0.4 is 9.62 Å². The summed E-state index contributed by atoms with van der Waals surface area (Å²) in [6, 6.07) is 12.1. The van der Waals surface area contributed by atoms with Crippen LogP contribution in [0.4, 0.5) is 10.1 Å². The standard InChI is InChI=1S/C19H22ClFN2O3S2/c1-14(23(28(2,25)26)15-7-4-3-5-8-15)19(24)22-11-12-27-13-16-17(20)9-6-10-18(16)21/h3-10,14H,11-13H2,1-2H3,(H,22,24)/t14-/m0/s1. The minimum absolute atomic E-state index is 0.326. The Balaban J connectivity index is 1.89. The van der Waals surface area contributed by atoms with Crippen molar-refractivity contribution in [2.45, 2.75) is 18.7 Å². The summed E-state index contributed by atoms with van der Waals surface area (Å²) in [5, 5.41) is 3.10.